The van der Waals surface area contributed by atoms with Gasteiger partial charge in [-0.3, -0.25) is 5.41 Å². The Labute approximate surface area is 252 Å². The Morgan fingerprint density at radius 1 is 1.21 bits per heavy atom. The number of allylic oxidation sites excluding steroid dienone is 9. The Bertz CT molecular complexity index is 1230. The standard InChI is InChI=1S/C35H44N4O3/c1-6-12-30(39-20-24-41-25-21-39)16-10-11-19-38-35(37)33(14-8-3)32(13-7-2)28(5)26-29(27-36)34(15-9-4)42-31-17-22-40-23-18-31/h1,8,10,12-13,15-16,26,31H,2-3,5,9,11,14,17-25H2,4H3,(H2,37,38)/b16-10-,29-26-,30-12+,33-32+,34-15+. The van der Waals surface area contributed by atoms with Gasteiger partial charge in [-0.15, -0.1) is 18.7 Å². The fourth-order valence-electron chi connectivity index (χ4n) is 4.50. The predicted octanol–water partition coefficient (Wildman–Crippen LogP) is 6.06. The minimum absolute atomic E-state index is 0.000545. The van der Waals surface area contributed by atoms with Crippen molar-refractivity contribution in [3.63, 3.8) is 0 Å². The van der Waals surface area contributed by atoms with Crippen LogP contribution in [-0.2, 0) is 14.2 Å². The molecule has 222 valence electrons. The fourth-order valence-corrected chi connectivity index (χ4v) is 4.50. The number of terminal acetylenes is 1. The molecule has 0 amide bonds. The lowest BCUT2D eigenvalue weighted by Gasteiger charge is -2.29. The molecule has 2 saturated heterocycles. The van der Waals surface area contributed by atoms with Gasteiger partial charge in [0.1, 0.15) is 23.8 Å². The third-order valence-corrected chi connectivity index (χ3v) is 6.63. The number of rotatable bonds is 15. The van der Waals surface area contributed by atoms with Gasteiger partial charge in [0.15, 0.2) is 0 Å². The summed E-state index contributed by atoms with van der Waals surface area (Å²) < 4.78 is 17.1. The first-order chi connectivity index (χ1) is 20.5. The molecule has 0 saturated carbocycles. The number of amidine groups is 1. The van der Waals surface area contributed by atoms with Crippen LogP contribution in [0.2, 0.25) is 0 Å². The quantitative estimate of drug-likeness (QED) is 0.0287. The van der Waals surface area contributed by atoms with Crippen LogP contribution in [0.3, 0.4) is 0 Å². The highest BCUT2D eigenvalue weighted by atomic mass is 16.5. The van der Waals surface area contributed by atoms with Gasteiger partial charge in [-0.1, -0.05) is 38.2 Å². The summed E-state index contributed by atoms with van der Waals surface area (Å²) in [7, 11) is 0. The normalized spacial score (nSPS) is 17.4. The number of hydrogen-bond acceptors (Lipinski definition) is 6. The van der Waals surface area contributed by atoms with Crippen LogP contribution in [0.5, 0.6) is 0 Å². The lowest BCUT2D eigenvalue weighted by atomic mass is 9.95. The molecule has 2 aliphatic heterocycles. The molecule has 0 aromatic rings. The molecule has 2 fully saturated rings. The van der Waals surface area contributed by atoms with E-state index in [1.807, 2.05) is 25.2 Å². The largest absolute Gasteiger partial charge is 0.489 e. The highest BCUT2D eigenvalue weighted by molar-refractivity contribution is 5.98. The van der Waals surface area contributed by atoms with Crippen molar-refractivity contribution in [1.29, 1.82) is 10.7 Å². The van der Waals surface area contributed by atoms with E-state index in [0.29, 0.717) is 73.9 Å². The van der Waals surface area contributed by atoms with Gasteiger partial charge in [0, 0.05) is 49.8 Å². The molecular formula is C35H44N4O3. The van der Waals surface area contributed by atoms with E-state index in [0.717, 1.165) is 38.0 Å². The van der Waals surface area contributed by atoms with E-state index in [1.54, 1.807) is 24.3 Å². The zero-order valence-electron chi connectivity index (χ0n) is 24.9. The van der Waals surface area contributed by atoms with Crippen LogP contribution in [-0.4, -0.2) is 62.9 Å². The zero-order chi connectivity index (χ0) is 30.6. The van der Waals surface area contributed by atoms with Crippen LogP contribution in [0.15, 0.2) is 102 Å². The maximum absolute atomic E-state index is 10.0. The summed E-state index contributed by atoms with van der Waals surface area (Å²) in [5, 5.41) is 22.0. The molecule has 0 bridgehead atoms. The highest BCUT2D eigenvalue weighted by Crippen LogP contribution is 2.25. The molecule has 0 unspecified atom stereocenters. The smallest absolute Gasteiger partial charge is 0.133 e. The number of nitrogens with one attached hydrogen (secondary N) is 2. The minimum atomic E-state index is -0.000545. The van der Waals surface area contributed by atoms with Crippen LogP contribution in [0.4, 0.5) is 0 Å². The predicted molar refractivity (Wildman–Crippen MR) is 170 cm³/mol. The Morgan fingerprint density at radius 3 is 2.55 bits per heavy atom. The molecule has 7 heteroatoms. The van der Waals surface area contributed by atoms with Crippen LogP contribution < -0.4 is 5.32 Å². The number of morpholine rings is 1. The summed E-state index contributed by atoms with van der Waals surface area (Å²) in [6, 6.07) is 2.27. The van der Waals surface area contributed by atoms with Gasteiger partial charge in [-0.25, -0.2) is 0 Å². The third-order valence-electron chi connectivity index (χ3n) is 6.63. The molecule has 42 heavy (non-hydrogen) atoms. The molecule has 2 rings (SSSR count). The van der Waals surface area contributed by atoms with E-state index in [-0.39, 0.29) is 11.9 Å². The minimum Gasteiger partial charge on any atom is -0.489 e. The number of hydrogen-bond donors (Lipinski definition) is 2. The average molecular weight is 569 g/mol. The van der Waals surface area contributed by atoms with Crippen molar-refractivity contribution in [2.45, 2.75) is 45.1 Å². The first-order valence-electron chi connectivity index (χ1n) is 14.4. The molecular weight excluding hydrogens is 524 g/mol. The first kappa shape index (κ1) is 33.9. The van der Waals surface area contributed by atoms with Gasteiger partial charge in [-0.2, -0.15) is 5.26 Å². The molecule has 0 aromatic heterocycles. The van der Waals surface area contributed by atoms with Gasteiger partial charge in [-0.05, 0) is 54.7 Å². The highest BCUT2D eigenvalue weighted by Gasteiger charge is 2.19. The van der Waals surface area contributed by atoms with E-state index in [4.69, 9.17) is 26.0 Å². The topological polar surface area (TPSA) is 90.6 Å². The van der Waals surface area contributed by atoms with Gasteiger partial charge in [0.25, 0.3) is 0 Å². The molecule has 0 radical (unpaired) electrons. The third kappa shape index (κ3) is 11.3. The number of nitrogens with zero attached hydrogens (tertiary/aromatic N) is 2. The lowest BCUT2D eigenvalue weighted by molar-refractivity contribution is -0.00157. The molecule has 2 heterocycles. The Morgan fingerprint density at radius 2 is 1.93 bits per heavy atom. The average Bonchev–Trinajstić information content (AvgIpc) is 3.01. The molecule has 0 atom stereocenters. The van der Waals surface area contributed by atoms with E-state index >= 15 is 0 Å². The second-order valence-corrected chi connectivity index (χ2v) is 9.66. The van der Waals surface area contributed by atoms with E-state index in [1.165, 1.54) is 0 Å². The molecule has 2 N–H and O–H groups in total. The summed E-state index contributed by atoms with van der Waals surface area (Å²) in [6.45, 7) is 18.7. The maximum Gasteiger partial charge on any atom is 0.133 e. The van der Waals surface area contributed by atoms with Crippen molar-refractivity contribution >= 4 is 5.84 Å². The van der Waals surface area contributed by atoms with Gasteiger partial charge in [0.05, 0.1) is 32.0 Å². The fraction of sp³-hybridized carbons (Fsp3) is 0.400. The second kappa shape index (κ2) is 19.8. The van der Waals surface area contributed by atoms with Crippen molar-refractivity contribution in [2.75, 3.05) is 46.1 Å². The monoisotopic (exact) mass is 568 g/mol. The Balaban J connectivity index is 2.19. The Kier molecular flexibility index (Phi) is 16.0. The van der Waals surface area contributed by atoms with Crippen molar-refractivity contribution in [3.8, 4) is 18.4 Å². The molecule has 2 aliphatic rings. The Hall–Kier alpha value is -4.26. The van der Waals surface area contributed by atoms with Crippen molar-refractivity contribution in [2.24, 2.45) is 0 Å². The van der Waals surface area contributed by atoms with Crippen LogP contribution in [0, 0.1) is 29.1 Å². The van der Waals surface area contributed by atoms with E-state index < -0.39 is 0 Å². The molecule has 0 aromatic carbocycles. The molecule has 0 spiro atoms. The summed E-state index contributed by atoms with van der Waals surface area (Å²) in [5.74, 6) is 3.40. The molecule has 7 nitrogen and oxygen atoms in total. The SMILES string of the molecule is C#C/C=C(\C=C/CCNC(=N)/C(CC=C)=C(\C=C=C)C(=C)/C=C(C#N)\C(=C/CC)OC1CCOCC1)N1CCOCC1. The van der Waals surface area contributed by atoms with Crippen molar-refractivity contribution in [1.82, 2.24) is 10.2 Å². The van der Waals surface area contributed by atoms with Crippen LogP contribution in [0.1, 0.15) is 39.0 Å². The van der Waals surface area contributed by atoms with E-state index in [9.17, 15) is 5.26 Å². The lowest BCUT2D eigenvalue weighted by Crippen LogP contribution is -2.35. The van der Waals surface area contributed by atoms with Gasteiger partial charge in [0.2, 0.25) is 0 Å². The first-order valence-corrected chi connectivity index (χ1v) is 14.4. The van der Waals surface area contributed by atoms with E-state index in [2.05, 4.69) is 47.7 Å². The summed E-state index contributed by atoms with van der Waals surface area (Å²) in [5.41, 5.74) is 6.06. The summed E-state index contributed by atoms with van der Waals surface area (Å²) >= 11 is 0. The maximum atomic E-state index is 10.0. The zero-order valence-corrected chi connectivity index (χ0v) is 24.9. The summed E-state index contributed by atoms with van der Waals surface area (Å²) in [4.78, 5) is 2.21. The van der Waals surface area contributed by atoms with Crippen LogP contribution in [0.25, 0.3) is 0 Å². The van der Waals surface area contributed by atoms with Gasteiger partial charge >= 0.3 is 0 Å². The number of ether oxygens (including phenoxy) is 3. The van der Waals surface area contributed by atoms with Gasteiger partial charge < -0.3 is 24.4 Å². The molecule has 0 aliphatic carbocycles. The van der Waals surface area contributed by atoms with Crippen molar-refractivity contribution < 1.29 is 14.2 Å². The second-order valence-electron chi connectivity index (χ2n) is 9.66. The number of nitriles is 1. The summed E-state index contributed by atoms with van der Waals surface area (Å²) in [6.07, 6.45) is 21.8. The van der Waals surface area contributed by atoms with Crippen LogP contribution >= 0.6 is 0 Å². The van der Waals surface area contributed by atoms with Crippen molar-refractivity contribution in [3.05, 3.63) is 102 Å².